The highest BCUT2D eigenvalue weighted by atomic mass is 79.9. The molecular weight excluding hydrogens is 246 g/mol. The molecule has 14 heavy (non-hydrogen) atoms. The number of nitrogen functional groups attached to an aromatic ring is 1. The summed E-state index contributed by atoms with van der Waals surface area (Å²) in [6.07, 6.45) is 0.897. The molecule has 0 fully saturated rings. The van der Waals surface area contributed by atoms with Crippen molar-refractivity contribution in [2.45, 2.75) is 32.8 Å². The zero-order valence-corrected chi connectivity index (χ0v) is 10.1. The summed E-state index contributed by atoms with van der Waals surface area (Å²) in [5.41, 5.74) is 5.25. The van der Waals surface area contributed by atoms with Crippen molar-refractivity contribution in [1.82, 2.24) is 9.97 Å². The van der Waals surface area contributed by atoms with Gasteiger partial charge in [-0.25, -0.2) is 4.98 Å². The Morgan fingerprint density at radius 3 is 2.64 bits per heavy atom. The molecule has 0 aliphatic carbocycles. The van der Waals surface area contributed by atoms with Crippen molar-refractivity contribution in [3.8, 4) is 5.88 Å². The number of nitrogens with zero attached hydrogens (tertiary/aromatic N) is 2. The van der Waals surface area contributed by atoms with Gasteiger partial charge in [-0.1, -0.05) is 6.92 Å². The lowest BCUT2D eigenvalue weighted by atomic mass is 10.1. The molecule has 1 aromatic rings. The lowest BCUT2D eigenvalue weighted by molar-refractivity contribution is 0.0989. The van der Waals surface area contributed by atoms with Crippen LogP contribution in [0.25, 0.3) is 0 Å². The first-order valence-corrected chi connectivity index (χ1v) is 5.21. The number of nitrogens with two attached hydrogens (primary N) is 1. The highest BCUT2D eigenvalue weighted by Crippen LogP contribution is 2.21. The number of ether oxygens (including phenoxy) is 1. The third kappa shape index (κ3) is 3.14. The molecule has 0 saturated heterocycles. The molecule has 0 aliphatic heterocycles. The number of hydrogen-bond donors (Lipinski definition) is 1. The first-order chi connectivity index (χ1) is 6.43. The average molecular weight is 260 g/mol. The van der Waals surface area contributed by atoms with Crippen LogP contribution in [0.15, 0.2) is 10.7 Å². The van der Waals surface area contributed by atoms with Gasteiger partial charge in [-0.3, -0.25) is 0 Å². The van der Waals surface area contributed by atoms with Gasteiger partial charge in [0.1, 0.15) is 10.2 Å². The summed E-state index contributed by atoms with van der Waals surface area (Å²) in [4.78, 5) is 7.88. The van der Waals surface area contributed by atoms with Gasteiger partial charge in [0.25, 0.3) is 0 Å². The summed E-state index contributed by atoms with van der Waals surface area (Å²) in [6, 6.07) is 1.70. The summed E-state index contributed by atoms with van der Waals surface area (Å²) in [5.74, 6) is 0.706. The number of aromatic nitrogens is 2. The first kappa shape index (κ1) is 11.2. The fourth-order valence-corrected chi connectivity index (χ4v) is 1.20. The van der Waals surface area contributed by atoms with Crippen molar-refractivity contribution in [2.75, 3.05) is 5.73 Å². The van der Waals surface area contributed by atoms with Gasteiger partial charge >= 0.3 is 0 Å². The predicted molar refractivity (Wildman–Crippen MR) is 59.1 cm³/mol. The van der Waals surface area contributed by atoms with E-state index in [1.807, 2.05) is 13.8 Å². The summed E-state index contributed by atoms with van der Waals surface area (Å²) in [6.45, 7) is 6.05. The second kappa shape index (κ2) is 4.13. The molecular formula is C9H14BrN3O. The second-order valence-electron chi connectivity index (χ2n) is 3.60. The third-order valence-corrected chi connectivity index (χ3v) is 2.33. The zero-order valence-electron chi connectivity index (χ0n) is 8.54. The molecule has 0 aromatic carbocycles. The fourth-order valence-electron chi connectivity index (χ4n) is 0.821. The third-order valence-electron chi connectivity index (χ3n) is 1.92. The molecule has 1 heterocycles. The van der Waals surface area contributed by atoms with Gasteiger partial charge in [0, 0.05) is 6.07 Å². The fraction of sp³-hybridized carbons (Fsp3) is 0.556. The van der Waals surface area contributed by atoms with Crippen molar-refractivity contribution in [3.05, 3.63) is 10.7 Å². The van der Waals surface area contributed by atoms with Crippen molar-refractivity contribution >= 4 is 21.9 Å². The molecule has 0 spiro atoms. The molecule has 4 nitrogen and oxygen atoms in total. The summed E-state index contributed by atoms with van der Waals surface area (Å²) in [7, 11) is 0. The quantitative estimate of drug-likeness (QED) is 0.847. The van der Waals surface area contributed by atoms with Gasteiger partial charge < -0.3 is 10.5 Å². The average Bonchev–Trinajstić information content (AvgIpc) is 2.01. The monoisotopic (exact) mass is 259 g/mol. The van der Waals surface area contributed by atoms with E-state index in [-0.39, 0.29) is 11.5 Å². The highest BCUT2D eigenvalue weighted by molar-refractivity contribution is 9.10. The van der Waals surface area contributed by atoms with Crippen LogP contribution in [0.2, 0.25) is 0 Å². The van der Waals surface area contributed by atoms with Crippen molar-refractivity contribution in [2.24, 2.45) is 0 Å². The van der Waals surface area contributed by atoms with E-state index >= 15 is 0 Å². The number of rotatable bonds is 3. The largest absolute Gasteiger partial charge is 0.472 e. The van der Waals surface area contributed by atoms with Gasteiger partial charge in [0.2, 0.25) is 11.8 Å². The van der Waals surface area contributed by atoms with Crippen molar-refractivity contribution in [3.63, 3.8) is 0 Å². The van der Waals surface area contributed by atoms with Gasteiger partial charge in [0.15, 0.2) is 0 Å². The standard InChI is InChI=1S/C9H14BrN3O/c1-4-9(2,3)14-7-5-6(10)12-8(11)13-7/h5H,4H2,1-3H3,(H2,11,12,13). The SMILES string of the molecule is CCC(C)(C)Oc1cc(Br)nc(N)n1. The molecule has 0 radical (unpaired) electrons. The van der Waals surface area contributed by atoms with E-state index in [0.717, 1.165) is 6.42 Å². The topological polar surface area (TPSA) is 61.0 Å². The predicted octanol–water partition coefficient (Wildman–Crippen LogP) is 2.39. The maximum absolute atomic E-state index is 5.65. The van der Waals surface area contributed by atoms with Crippen LogP contribution in [0, 0.1) is 0 Å². The Kier molecular flexibility index (Phi) is 3.31. The Morgan fingerprint density at radius 1 is 1.50 bits per heavy atom. The first-order valence-electron chi connectivity index (χ1n) is 4.42. The molecule has 5 heteroatoms. The maximum atomic E-state index is 5.65. The summed E-state index contributed by atoms with van der Waals surface area (Å²) in [5, 5.41) is 0. The van der Waals surface area contributed by atoms with Crippen molar-refractivity contribution in [1.29, 1.82) is 0 Å². The second-order valence-corrected chi connectivity index (χ2v) is 4.41. The lowest BCUT2D eigenvalue weighted by Gasteiger charge is -2.23. The van der Waals surface area contributed by atoms with Crippen LogP contribution in [-0.2, 0) is 0 Å². The van der Waals surface area contributed by atoms with E-state index in [1.54, 1.807) is 6.07 Å². The number of hydrogen-bond acceptors (Lipinski definition) is 4. The molecule has 0 atom stereocenters. The van der Waals surface area contributed by atoms with Crippen LogP contribution in [-0.4, -0.2) is 15.6 Å². The molecule has 0 bridgehead atoms. The van der Waals surface area contributed by atoms with Crippen LogP contribution in [0.3, 0.4) is 0 Å². The highest BCUT2D eigenvalue weighted by Gasteiger charge is 2.18. The Morgan fingerprint density at radius 2 is 2.14 bits per heavy atom. The Bertz CT molecular complexity index is 308. The molecule has 0 amide bonds. The zero-order chi connectivity index (χ0) is 10.8. The van der Waals surface area contributed by atoms with E-state index in [0.29, 0.717) is 10.5 Å². The molecule has 0 saturated carbocycles. The van der Waals surface area contributed by atoms with E-state index in [1.165, 1.54) is 0 Å². The lowest BCUT2D eigenvalue weighted by Crippen LogP contribution is -2.27. The van der Waals surface area contributed by atoms with Gasteiger partial charge in [-0.15, -0.1) is 0 Å². The molecule has 0 aliphatic rings. The Hall–Kier alpha value is -0.840. The minimum Gasteiger partial charge on any atom is -0.472 e. The van der Waals surface area contributed by atoms with E-state index in [4.69, 9.17) is 10.5 Å². The minimum absolute atomic E-state index is 0.210. The Labute approximate surface area is 92.0 Å². The molecule has 2 N–H and O–H groups in total. The van der Waals surface area contributed by atoms with E-state index < -0.39 is 0 Å². The summed E-state index contributed by atoms with van der Waals surface area (Å²) >= 11 is 3.23. The van der Waals surface area contributed by atoms with Gasteiger partial charge in [-0.05, 0) is 36.2 Å². The smallest absolute Gasteiger partial charge is 0.224 e. The Balaban J connectivity index is 2.87. The number of anilines is 1. The van der Waals surface area contributed by atoms with Crippen LogP contribution in [0.5, 0.6) is 5.88 Å². The molecule has 1 aromatic heterocycles. The van der Waals surface area contributed by atoms with Crippen LogP contribution >= 0.6 is 15.9 Å². The van der Waals surface area contributed by atoms with Gasteiger partial charge in [-0.2, -0.15) is 4.98 Å². The van der Waals surface area contributed by atoms with Crippen molar-refractivity contribution < 1.29 is 4.74 Å². The minimum atomic E-state index is -0.236. The molecule has 1 rings (SSSR count). The normalized spacial score (nSPS) is 11.4. The molecule has 0 unspecified atom stereocenters. The number of halogens is 1. The van der Waals surface area contributed by atoms with Crippen LogP contribution in [0.1, 0.15) is 27.2 Å². The van der Waals surface area contributed by atoms with E-state index in [2.05, 4.69) is 32.8 Å². The molecule has 78 valence electrons. The van der Waals surface area contributed by atoms with Crippen LogP contribution < -0.4 is 10.5 Å². The van der Waals surface area contributed by atoms with Crippen LogP contribution in [0.4, 0.5) is 5.95 Å². The summed E-state index contributed by atoms with van der Waals surface area (Å²) < 4.78 is 6.28. The maximum Gasteiger partial charge on any atom is 0.224 e. The van der Waals surface area contributed by atoms with E-state index in [9.17, 15) is 0 Å². The van der Waals surface area contributed by atoms with Gasteiger partial charge in [0.05, 0.1) is 0 Å².